The van der Waals surface area contributed by atoms with Gasteiger partial charge in [-0.3, -0.25) is 0 Å². The highest BCUT2D eigenvalue weighted by molar-refractivity contribution is 5.49. The molecule has 0 aliphatic heterocycles. The summed E-state index contributed by atoms with van der Waals surface area (Å²) in [4.78, 5) is 0. The van der Waals surface area contributed by atoms with Gasteiger partial charge in [0, 0.05) is 6.07 Å². The van der Waals surface area contributed by atoms with Crippen LogP contribution in [0.3, 0.4) is 0 Å². The van der Waals surface area contributed by atoms with E-state index in [2.05, 4.69) is 11.8 Å². The highest BCUT2D eigenvalue weighted by atomic mass is 19.1. The Bertz CT molecular complexity index is 377. The van der Waals surface area contributed by atoms with E-state index in [0.29, 0.717) is 6.07 Å². The smallest absolute Gasteiger partial charge is 0.149 e. The van der Waals surface area contributed by atoms with Gasteiger partial charge in [-0.25, -0.2) is 8.78 Å². The van der Waals surface area contributed by atoms with Crippen molar-refractivity contribution in [1.82, 2.24) is 0 Å². The van der Waals surface area contributed by atoms with Crippen LogP contribution in [0.1, 0.15) is 5.56 Å². The second-order valence-corrected chi connectivity index (χ2v) is 2.36. The lowest BCUT2D eigenvalue weighted by atomic mass is 10.2. The first-order valence-corrected chi connectivity index (χ1v) is 3.58. The van der Waals surface area contributed by atoms with Crippen molar-refractivity contribution in [1.29, 1.82) is 0 Å². The molecule has 0 amide bonds. The SMILES string of the molecule is NCC#Cc1cc(N)c(F)cc1F. The number of anilines is 1. The molecule has 0 unspecified atom stereocenters. The van der Waals surface area contributed by atoms with Crippen molar-refractivity contribution in [2.75, 3.05) is 12.3 Å². The maximum Gasteiger partial charge on any atom is 0.149 e. The van der Waals surface area contributed by atoms with Gasteiger partial charge in [-0.2, -0.15) is 0 Å². The summed E-state index contributed by atoms with van der Waals surface area (Å²) in [6.45, 7) is 0.122. The van der Waals surface area contributed by atoms with Crippen LogP contribution in [0.2, 0.25) is 0 Å². The van der Waals surface area contributed by atoms with E-state index in [9.17, 15) is 8.78 Å². The Morgan fingerprint density at radius 1 is 1.23 bits per heavy atom. The molecule has 0 bridgehead atoms. The van der Waals surface area contributed by atoms with Crippen molar-refractivity contribution in [2.24, 2.45) is 5.73 Å². The first kappa shape index (κ1) is 9.49. The average molecular weight is 182 g/mol. The van der Waals surface area contributed by atoms with Crippen molar-refractivity contribution in [3.8, 4) is 11.8 Å². The van der Waals surface area contributed by atoms with E-state index in [0.717, 1.165) is 6.07 Å². The van der Waals surface area contributed by atoms with Gasteiger partial charge in [0.05, 0.1) is 17.8 Å². The fraction of sp³-hybridized carbons (Fsp3) is 0.111. The van der Waals surface area contributed by atoms with Crippen LogP contribution in [-0.4, -0.2) is 6.54 Å². The van der Waals surface area contributed by atoms with Crippen LogP contribution in [0.25, 0.3) is 0 Å². The lowest BCUT2D eigenvalue weighted by Gasteiger charge is -1.98. The molecule has 0 fully saturated rings. The Labute approximate surface area is 74.5 Å². The number of halogens is 2. The number of hydrogen-bond acceptors (Lipinski definition) is 2. The molecule has 0 aliphatic carbocycles. The minimum absolute atomic E-state index is 0.0596. The number of nitrogens with two attached hydrogens (primary N) is 2. The molecule has 0 atom stereocenters. The minimum Gasteiger partial charge on any atom is -0.396 e. The van der Waals surface area contributed by atoms with Crippen molar-refractivity contribution >= 4 is 5.69 Å². The Hall–Kier alpha value is -1.60. The van der Waals surface area contributed by atoms with E-state index in [4.69, 9.17) is 11.5 Å². The van der Waals surface area contributed by atoms with Gasteiger partial charge in [0.25, 0.3) is 0 Å². The largest absolute Gasteiger partial charge is 0.396 e. The summed E-state index contributed by atoms with van der Waals surface area (Å²) in [7, 11) is 0. The van der Waals surface area contributed by atoms with E-state index in [-0.39, 0.29) is 17.8 Å². The molecule has 4 N–H and O–H groups in total. The molecule has 0 radical (unpaired) electrons. The Morgan fingerprint density at radius 2 is 1.92 bits per heavy atom. The molecule has 0 spiro atoms. The van der Waals surface area contributed by atoms with Crippen LogP contribution in [0.5, 0.6) is 0 Å². The number of nitrogen functional groups attached to an aromatic ring is 1. The molecule has 0 saturated carbocycles. The number of hydrogen-bond donors (Lipinski definition) is 2. The fourth-order valence-electron chi connectivity index (χ4n) is 0.808. The quantitative estimate of drug-likeness (QED) is 0.461. The van der Waals surface area contributed by atoms with Gasteiger partial charge in [0.15, 0.2) is 0 Å². The Kier molecular flexibility index (Phi) is 2.83. The van der Waals surface area contributed by atoms with Gasteiger partial charge in [-0.15, -0.1) is 0 Å². The fourth-order valence-corrected chi connectivity index (χ4v) is 0.808. The monoisotopic (exact) mass is 182 g/mol. The third-order valence-corrected chi connectivity index (χ3v) is 1.41. The van der Waals surface area contributed by atoms with Gasteiger partial charge >= 0.3 is 0 Å². The van der Waals surface area contributed by atoms with E-state index in [1.54, 1.807) is 0 Å². The maximum atomic E-state index is 12.9. The van der Waals surface area contributed by atoms with E-state index in [1.807, 2.05) is 0 Å². The van der Waals surface area contributed by atoms with Crippen molar-refractivity contribution in [3.63, 3.8) is 0 Å². The van der Waals surface area contributed by atoms with Gasteiger partial charge in [-0.05, 0) is 6.07 Å². The summed E-state index contributed by atoms with van der Waals surface area (Å²) >= 11 is 0. The second-order valence-electron chi connectivity index (χ2n) is 2.36. The molecule has 13 heavy (non-hydrogen) atoms. The molecule has 2 nitrogen and oxygen atoms in total. The predicted molar refractivity (Wildman–Crippen MR) is 46.7 cm³/mol. The average Bonchev–Trinajstić information content (AvgIpc) is 2.09. The zero-order valence-electron chi connectivity index (χ0n) is 6.77. The summed E-state index contributed by atoms with van der Waals surface area (Å²) in [6, 6.07) is 1.85. The summed E-state index contributed by atoms with van der Waals surface area (Å²) in [5.41, 5.74) is 10.3. The standard InChI is InChI=1S/C9H8F2N2/c10-7-5-8(11)9(13)4-6(7)2-1-3-12/h4-5H,3,12-13H2. The lowest BCUT2D eigenvalue weighted by molar-refractivity contribution is 0.584. The number of benzene rings is 1. The normalized spacial score (nSPS) is 9.15. The van der Waals surface area contributed by atoms with Crippen LogP contribution in [0, 0.1) is 23.5 Å². The van der Waals surface area contributed by atoms with Crippen LogP contribution in [0.15, 0.2) is 12.1 Å². The molecule has 0 saturated heterocycles. The Morgan fingerprint density at radius 3 is 2.54 bits per heavy atom. The van der Waals surface area contributed by atoms with Gasteiger partial charge < -0.3 is 11.5 Å². The van der Waals surface area contributed by atoms with E-state index in [1.165, 1.54) is 0 Å². The Balaban J connectivity index is 3.16. The molecule has 68 valence electrons. The van der Waals surface area contributed by atoms with Gasteiger partial charge in [0.2, 0.25) is 0 Å². The second kappa shape index (κ2) is 3.87. The third-order valence-electron chi connectivity index (χ3n) is 1.41. The molecule has 0 heterocycles. The van der Waals surface area contributed by atoms with Crippen LogP contribution >= 0.6 is 0 Å². The third kappa shape index (κ3) is 2.17. The van der Waals surface area contributed by atoms with Crippen molar-refractivity contribution in [2.45, 2.75) is 0 Å². The van der Waals surface area contributed by atoms with Crippen LogP contribution in [0.4, 0.5) is 14.5 Å². The molecule has 4 heteroatoms. The summed E-state index contributed by atoms with van der Waals surface area (Å²) in [5, 5.41) is 0. The minimum atomic E-state index is -0.782. The van der Waals surface area contributed by atoms with Crippen molar-refractivity contribution in [3.05, 3.63) is 29.3 Å². The molecular weight excluding hydrogens is 174 g/mol. The highest BCUT2D eigenvalue weighted by Gasteiger charge is 2.04. The summed E-state index contributed by atoms with van der Waals surface area (Å²) < 4.78 is 25.6. The van der Waals surface area contributed by atoms with E-state index < -0.39 is 11.6 Å². The molecule has 0 aromatic heterocycles. The zero-order chi connectivity index (χ0) is 9.84. The first-order valence-electron chi connectivity index (χ1n) is 3.58. The van der Waals surface area contributed by atoms with Crippen LogP contribution in [-0.2, 0) is 0 Å². The summed E-state index contributed by atoms with van der Waals surface area (Å²) in [5.74, 6) is 3.39. The zero-order valence-corrected chi connectivity index (χ0v) is 6.77. The molecule has 1 rings (SSSR count). The molecular formula is C9H8F2N2. The summed E-state index contributed by atoms with van der Waals surface area (Å²) in [6.07, 6.45) is 0. The van der Waals surface area contributed by atoms with E-state index >= 15 is 0 Å². The van der Waals surface area contributed by atoms with Crippen molar-refractivity contribution < 1.29 is 8.78 Å². The topological polar surface area (TPSA) is 52.0 Å². The highest BCUT2D eigenvalue weighted by Crippen LogP contribution is 2.15. The lowest BCUT2D eigenvalue weighted by Crippen LogP contribution is -1.96. The predicted octanol–water partition coefficient (Wildman–Crippen LogP) is 0.857. The first-order chi connectivity index (χ1) is 6.15. The van der Waals surface area contributed by atoms with Crippen LogP contribution < -0.4 is 11.5 Å². The molecule has 1 aromatic carbocycles. The van der Waals surface area contributed by atoms with Gasteiger partial charge in [0.1, 0.15) is 11.6 Å². The molecule has 0 aliphatic rings. The maximum absolute atomic E-state index is 12.9. The molecule has 1 aromatic rings. The van der Waals surface area contributed by atoms with Gasteiger partial charge in [-0.1, -0.05) is 11.8 Å². The number of rotatable bonds is 0.